The molecule has 0 fully saturated rings. The lowest BCUT2D eigenvalue weighted by Crippen LogP contribution is -2.33. The number of rotatable bonds is 7. The second-order valence-electron chi connectivity index (χ2n) is 11.4. The summed E-state index contributed by atoms with van der Waals surface area (Å²) >= 11 is 0. The molecule has 0 bridgehead atoms. The Morgan fingerprint density at radius 3 is 1.88 bits per heavy atom. The van der Waals surface area contributed by atoms with Crippen molar-refractivity contribution in [3.8, 4) is 11.3 Å². The van der Waals surface area contributed by atoms with Gasteiger partial charge in [-0.2, -0.15) is 0 Å². The number of nitrogens with one attached hydrogen (secondary N) is 3. The van der Waals surface area contributed by atoms with Gasteiger partial charge in [-0.15, -0.1) is 0 Å². The van der Waals surface area contributed by atoms with Gasteiger partial charge in [-0.1, -0.05) is 97.1 Å². The van der Waals surface area contributed by atoms with Gasteiger partial charge >= 0.3 is 6.09 Å². The van der Waals surface area contributed by atoms with Crippen LogP contribution in [0.1, 0.15) is 49.1 Å². The average Bonchev–Trinajstić information content (AvgIpc) is 3.51. The lowest BCUT2D eigenvalue weighted by Gasteiger charge is -2.20. The van der Waals surface area contributed by atoms with E-state index in [1.165, 1.54) is 16.7 Å². The van der Waals surface area contributed by atoms with E-state index in [1.54, 1.807) is 0 Å². The van der Waals surface area contributed by atoms with Crippen molar-refractivity contribution in [1.82, 2.24) is 15.3 Å². The highest BCUT2D eigenvalue weighted by molar-refractivity contribution is 6.02. The summed E-state index contributed by atoms with van der Waals surface area (Å²) in [5.41, 5.74) is 8.58. The van der Waals surface area contributed by atoms with Crippen LogP contribution in [0.5, 0.6) is 0 Å². The Kier molecular flexibility index (Phi) is 7.10. The number of carbonyl (C=O) groups excluding carboxylic acids is 1. The highest BCUT2D eigenvalue weighted by atomic mass is 16.6. The number of H-pyrrole nitrogens is 2. The molecular formula is C36H35N3O2. The Labute approximate surface area is 240 Å². The van der Waals surface area contributed by atoms with Crippen LogP contribution in [0.15, 0.2) is 109 Å². The van der Waals surface area contributed by atoms with E-state index in [0.717, 1.165) is 38.8 Å². The number of benzene rings is 4. The minimum absolute atomic E-state index is 0.000972. The minimum atomic E-state index is -0.543. The molecule has 5 heteroatoms. The summed E-state index contributed by atoms with van der Waals surface area (Å²) in [6.45, 7) is 6.08. The first-order valence-electron chi connectivity index (χ1n) is 14.2. The Bertz CT molecular complexity index is 1750. The van der Waals surface area contributed by atoms with Gasteiger partial charge in [-0.25, -0.2) is 4.79 Å². The summed E-state index contributed by atoms with van der Waals surface area (Å²) in [7, 11) is 0. The molecule has 3 N–H and O–H groups in total. The molecule has 0 aliphatic rings. The number of alkyl carbamates (subject to hydrolysis) is 1. The van der Waals surface area contributed by atoms with Crippen molar-refractivity contribution in [2.45, 2.75) is 38.7 Å². The second kappa shape index (κ2) is 11.0. The van der Waals surface area contributed by atoms with Crippen molar-refractivity contribution in [1.29, 1.82) is 0 Å². The van der Waals surface area contributed by atoms with Crippen LogP contribution in [0.2, 0.25) is 0 Å². The van der Waals surface area contributed by atoms with Crippen molar-refractivity contribution in [3.05, 3.63) is 132 Å². The third kappa shape index (κ3) is 5.48. The highest BCUT2D eigenvalue weighted by Gasteiger charge is 2.27. The fourth-order valence-electron chi connectivity index (χ4n) is 5.74. The van der Waals surface area contributed by atoms with Crippen LogP contribution in [0.25, 0.3) is 33.1 Å². The third-order valence-electron chi connectivity index (χ3n) is 7.40. The Morgan fingerprint density at radius 1 is 0.732 bits per heavy atom. The molecule has 0 saturated carbocycles. The van der Waals surface area contributed by atoms with Gasteiger partial charge in [0.05, 0.1) is 5.69 Å². The van der Waals surface area contributed by atoms with Crippen LogP contribution < -0.4 is 5.32 Å². The summed E-state index contributed by atoms with van der Waals surface area (Å²) < 4.78 is 5.49. The van der Waals surface area contributed by atoms with Gasteiger partial charge in [0.1, 0.15) is 5.60 Å². The van der Waals surface area contributed by atoms with Crippen molar-refractivity contribution < 1.29 is 9.53 Å². The number of aromatic nitrogens is 2. The number of ether oxygens (including phenoxy) is 1. The Balaban J connectivity index is 1.52. The maximum Gasteiger partial charge on any atom is 0.407 e. The maximum absolute atomic E-state index is 12.5. The molecule has 4 aromatic carbocycles. The SMILES string of the molecule is CC(C)(C)OC(=O)NCCc1c(-c2c(C(c3ccccc3)c3ccccc3)[nH]c3ccccc23)[nH]c2ccccc12. The predicted octanol–water partition coefficient (Wildman–Crippen LogP) is 8.56. The standard InChI is InChI=1S/C36H35N3O2/c1-36(2,3)41-35(40)37-23-22-27-26-18-10-12-20-29(26)38-33(27)32-28-19-11-13-21-30(28)39-34(32)31(24-14-6-4-7-15-24)25-16-8-5-9-17-25/h4-21,31,38-39H,22-23H2,1-3H3,(H,37,40). The quantitative estimate of drug-likeness (QED) is 0.189. The van der Waals surface area contributed by atoms with Gasteiger partial charge in [-0.3, -0.25) is 0 Å². The number of hydrogen-bond donors (Lipinski definition) is 3. The van der Waals surface area contributed by atoms with E-state index in [4.69, 9.17) is 4.74 Å². The summed E-state index contributed by atoms with van der Waals surface area (Å²) in [4.78, 5) is 20.0. The van der Waals surface area contributed by atoms with Crippen molar-refractivity contribution >= 4 is 27.9 Å². The van der Waals surface area contributed by atoms with Crippen LogP contribution in [-0.4, -0.2) is 28.2 Å². The smallest absolute Gasteiger partial charge is 0.407 e. The van der Waals surface area contributed by atoms with Crippen molar-refractivity contribution in [3.63, 3.8) is 0 Å². The Morgan fingerprint density at radius 2 is 1.27 bits per heavy atom. The number of hydrogen-bond acceptors (Lipinski definition) is 2. The molecule has 5 nitrogen and oxygen atoms in total. The van der Waals surface area contributed by atoms with Crippen LogP contribution >= 0.6 is 0 Å². The zero-order chi connectivity index (χ0) is 28.4. The molecule has 6 aromatic rings. The zero-order valence-corrected chi connectivity index (χ0v) is 23.7. The molecular weight excluding hydrogens is 506 g/mol. The van der Waals surface area contributed by atoms with E-state index in [0.29, 0.717) is 13.0 Å². The van der Waals surface area contributed by atoms with E-state index in [-0.39, 0.29) is 5.92 Å². The fraction of sp³-hybridized carbons (Fsp3) is 0.194. The first-order valence-corrected chi connectivity index (χ1v) is 14.2. The van der Waals surface area contributed by atoms with Crippen LogP contribution in [0.3, 0.4) is 0 Å². The first-order chi connectivity index (χ1) is 19.9. The third-order valence-corrected chi connectivity index (χ3v) is 7.40. The first kappa shape index (κ1) is 26.5. The van der Waals surface area contributed by atoms with Gasteiger partial charge in [0.15, 0.2) is 0 Å². The number of amides is 1. The van der Waals surface area contributed by atoms with Crippen LogP contribution in [0.4, 0.5) is 4.79 Å². The molecule has 0 aliphatic heterocycles. The molecule has 41 heavy (non-hydrogen) atoms. The topological polar surface area (TPSA) is 69.9 Å². The maximum atomic E-state index is 12.5. The van der Waals surface area contributed by atoms with Crippen molar-refractivity contribution in [2.24, 2.45) is 0 Å². The molecule has 206 valence electrons. The van der Waals surface area contributed by atoms with Gasteiger partial charge in [-0.05, 0) is 56.0 Å². The molecule has 0 saturated heterocycles. The molecule has 2 aromatic heterocycles. The summed E-state index contributed by atoms with van der Waals surface area (Å²) in [6, 6.07) is 38.2. The monoisotopic (exact) mass is 541 g/mol. The van der Waals surface area contributed by atoms with Crippen LogP contribution in [0, 0.1) is 0 Å². The summed E-state index contributed by atoms with van der Waals surface area (Å²) in [6.07, 6.45) is 0.249. The molecule has 6 rings (SSSR count). The normalized spacial score (nSPS) is 11.8. The van der Waals surface area contributed by atoms with Gasteiger partial charge in [0.2, 0.25) is 0 Å². The van der Waals surface area contributed by atoms with Crippen molar-refractivity contribution in [2.75, 3.05) is 6.54 Å². The minimum Gasteiger partial charge on any atom is -0.444 e. The average molecular weight is 542 g/mol. The molecule has 0 radical (unpaired) electrons. The fourth-order valence-corrected chi connectivity index (χ4v) is 5.74. The van der Waals surface area contributed by atoms with E-state index in [9.17, 15) is 4.79 Å². The zero-order valence-electron chi connectivity index (χ0n) is 23.7. The summed E-state index contributed by atoms with van der Waals surface area (Å²) in [5, 5.41) is 5.27. The number of fused-ring (bicyclic) bond motifs is 2. The van der Waals surface area contributed by atoms with E-state index in [2.05, 4.69) is 124 Å². The van der Waals surface area contributed by atoms with Gasteiger partial charge < -0.3 is 20.0 Å². The predicted molar refractivity (Wildman–Crippen MR) is 167 cm³/mol. The second-order valence-corrected chi connectivity index (χ2v) is 11.4. The van der Waals surface area contributed by atoms with Crippen LogP contribution in [-0.2, 0) is 11.2 Å². The number of para-hydroxylation sites is 2. The molecule has 0 unspecified atom stereocenters. The largest absolute Gasteiger partial charge is 0.444 e. The molecule has 0 aliphatic carbocycles. The summed E-state index contributed by atoms with van der Waals surface area (Å²) in [5.74, 6) is -0.000972. The van der Waals surface area contributed by atoms with E-state index >= 15 is 0 Å². The van der Waals surface area contributed by atoms with Gasteiger partial charge in [0.25, 0.3) is 0 Å². The molecule has 0 spiro atoms. The van der Waals surface area contributed by atoms with E-state index in [1.807, 2.05) is 20.8 Å². The molecule has 2 heterocycles. The lowest BCUT2D eigenvalue weighted by molar-refractivity contribution is 0.0528. The van der Waals surface area contributed by atoms with E-state index < -0.39 is 11.7 Å². The molecule has 1 amide bonds. The van der Waals surface area contributed by atoms with Gasteiger partial charge in [0, 0.05) is 45.5 Å². The number of carbonyl (C=O) groups is 1. The lowest BCUT2D eigenvalue weighted by atomic mass is 9.85. The number of aromatic amines is 2. The Hall–Kier alpha value is -4.77. The molecule has 0 atom stereocenters. The highest BCUT2D eigenvalue weighted by Crippen LogP contribution is 2.43.